The lowest BCUT2D eigenvalue weighted by Gasteiger charge is -2.16. The van der Waals surface area contributed by atoms with Gasteiger partial charge in [-0.25, -0.2) is 4.79 Å². The molecule has 0 unspecified atom stereocenters. The largest absolute Gasteiger partial charge is 0.350 e. The first-order valence-electron chi connectivity index (χ1n) is 11.7. The summed E-state index contributed by atoms with van der Waals surface area (Å²) >= 11 is 0. The summed E-state index contributed by atoms with van der Waals surface area (Å²) in [7, 11) is 4.00. The molecule has 0 atom stereocenters. The lowest BCUT2D eigenvalue weighted by molar-refractivity contribution is -0.130. The van der Waals surface area contributed by atoms with E-state index in [4.69, 9.17) is 0 Å². The van der Waals surface area contributed by atoms with Gasteiger partial charge in [0.1, 0.15) is 11.2 Å². The number of benzene rings is 1. The van der Waals surface area contributed by atoms with Gasteiger partial charge in [0.25, 0.3) is 11.8 Å². The zero-order valence-corrected chi connectivity index (χ0v) is 20.6. The van der Waals surface area contributed by atoms with Crippen molar-refractivity contribution in [1.29, 1.82) is 0 Å². The third-order valence-corrected chi connectivity index (χ3v) is 6.25. The maximum Gasteiger partial charge on any atom is 0.325 e. The van der Waals surface area contributed by atoms with Gasteiger partial charge >= 0.3 is 6.03 Å². The Balaban J connectivity index is 1.56. The number of nitrogens with one attached hydrogen (secondary N) is 3. The number of fused-ring (bicyclic) bond motifs is 1. The fraction of sp³-hybridized carbons (Fsp3) is 0.385. The van der Waals surface area contributed by atoms with Crippen LogP contribution in [-0.4, -0.2) is 70.3 Å². The summed E-state index contributed by atoms with van der Waals surface area (Å²) in [6, 6.07) is 9.38. The average molecular weight is 477 g/mol. The molecular formula is C26H32N6O3. The minimum Gasteiger partial charge on any atom is -0.350 e. The van der Waals surface area contributed by atoms with E-state index >= 15 is 0 Å². The summed E-state index contributed by atoms with van der Waals surface area (Å²) in [5.74, 6) is -0.383. The van der Waals surface area contributed by atoms with Crippen LogP contribution in [0, 0.1) is 0 Å². The van der Waals surface area contributed by atoms with Gasteiger partial charge in [0.2, 0.25) is 0 Å². The van der Waals surface area contributed by atoms with Crippen LogP contribution in [0.15, 0.2) is 42.7 Å². The molecule has 1 saturated heterocycles. The first-order chi connectivity index (χ1) is 16.7. The summed E-state index contributed by atoms with van der Waals surface area (Å²) in [5.41, 5.74) is 3.44. The third kappa shape index (κ3) is 5.35. The molecule has 3 aromatic rings. The molecule has 1 aliphatic rings. The Kier molecular flexibility index (Phi) is 6.88. The van der Waals surface area contributed by atoms with Gasteiger partial charge in [-0.2, -0.15) is 0 Å². The lowest BCUT2D eigenvalue weighted by atomic mass is 10.0. The van der Waals surface area contributed by atoms with E-state index < -0.39 is 5.54 Å². The first-order valence-corrected chi connectivity index (χ1v) is 11.7. The molecule has 4 rings (SSSR count). The van der Waals surface area contributed by atoms with Crippen LogP contribution in [-0.2, 0) is 24.2 Å². The summed E-state index contributed by atoms with van der Waals surface area (Å²) in [6.07, 6.45) is 4.67. The molecule has 9 nitrogen and oxygen atoms in total. The van der Waals surface area contributed by atoms with Gasteiger partial charge in [0.05, 0.1) is 0 Å². The van der Waals surface area contributed by atoms with E-state index in [1.165, 1.54) is 4.90 Å². The van der Waals surface area contributed by atoms with Gasteiger partial charge < -0.3 is 20.5 Å². The van der Waals surface area contributed by atoms with E-state index in [1.54, 1.807) is 26.2 Å². The number of hydrogen-bond acceptors (Lipinski definition) is 5. The standard InChI is InChI=1S/C26H32N6O3/c1-26(2)24(34)32(25(35)30-26)13-9-17-7-8-21-20(14-17)19(10-12-31(3)4)22(29-21)23(33)28-16-18-6-5-11-27-15-18/h5-8,11,14-15,29H,9-10,12-13,16H2,1-4H3,(H,28,33)(H,30,35). The molecule has 0 aliphatic carbocycles. The average Bonchev–Trinajstić information content (AvgIpc) is 3.28. The van der Waals surface area contributed by atoms with Crippen LogP contribution in [0.3, 0.4) is 0 Å². The smallest absolute Gasteiger partial charge is 0.325 e. The molecule has 1 fully saturated rings. The van der Waals surface area contributed by atoms with Crippen LogP contribution >= 0.6 is 0 Å². The van der Waals surface area contributed by atoms with Crippen LogP contribution in [0.4, 0.5) is 4.79 Å². The van der Waals surface area contributed by atoms with Crippen LogP contribution in [0.2, 0.25) is 0 Å². The number of aromatic amines is 1. The Morgan fingerprint density at radius 1 is 1.14 bits per heavy atom. The molecule has 35 heavy (non-hydrogen) atoms. The minimum atomic E-state index is -0.876. The number of hydrogen-bond donors (Lipinski definition) is 3. The predicted molar refractivity (Wildman–Crippen MR) is 134 cm³/mol. The lowest BCUT2D eigenvalue weighted by Crippen LogP contribution is -2.40. The highest BCUT2D eigenvalue weighted by Gasteiger charge is 2.43. The van der Waals surface area contributed by atoms with Gasteiger partial charge in [-0.15, -0.1) is 0 Å². The number of nitrogens with zero attached hydrogens (tertiary/aromatic N) is 3. The molecule has 184 valence electrons. The summed E-state index contributed by atoms with van der Waals surface area (Å²) in [5, 5.41) is 6.68. The number of carbonyl (C=O) groups excluding carboxylic acids is 3. The Morgan fingerprint density at radius 3 is 2.60 bits per heavy atom. The molecule has 0 radical (unpaired) electrons. The van der Waals surface area contributed by atoms with E-state index in [0.717, 1.165) is 34.1 Å². The second-order valence-corrected chi connectivity index (χ2v) is 9.72. The molecule has 3 heterocycles. The monoisotopic (exact) mass is 476 g/mol. The van der Waals surface area contributed by atoms with Gasteiger partial charge in [0, 0.05) is 42.9 Å². The van der Waals surface area contributed by atoms with Gasteiger partial charge in [-0.05, 0) is 75.7 Å². The Bertz CT molecular complexity index is 1250. The molecule has 0 bridgehead atoms. The molecule has 9 heteroatoms. The number of carbonyl (C=O) groups is 3. The Morgan fingerprint density at radius 2 is 1.94 bits per heavy atom. The fourth-order valence-corrected chi connectivity index (χ4v) is 4.27. The van der Waals surface area contributed by atoms with E-state index in [2.05, 4.69) is 31.6 Å². The molecular weight excluding hydrogens is 444 g/mol. The second kappa shape index (κ2) is 9.87. The highest BCUT2D eigenvalue weighted by Crippen LogP contribution is 2.26. The first kappa shape index (κ1) is 24.4. The van der Waals surface area contributed by atoms with Crippen LogP contribution in [0.1, 0.15) is 41.0 Å². The number of H-pyrrole nitrogens is 1. The third-order valence-electron chi connectivity index (χ3n) is 6.25. The number of amides is 4. The Labute approximate surface area is 204 Å². The predicted octanol–water partition coefficient (Wildman–Crippen LogP) is 2.47. The van der Waals surface area contributed by atoms with Crippen molar-refractivity contribution in [3.63, 3.8) is 0 Å². The van der Waals surface area contributed by atoms with Gasteiger partial charge in [0.15, 0.2) is 0 Å². The molecule has 0 saturated carbocycles. The van der Waals surface area contributed by atoms with Crippen molar-refractivity contribution in [2.75, 3.05) is 27.2 Å². The van der Waals surface area contributed by atoms with E-state index in [0.29, 0.717) is 31.6 Å². The van der Waals surface area contributed by atoms with Crippen molar-refractivity contribution >= 4 is 28.7 Å². The summed E-state index contributed by atoms with van der Waals surface area (Å²) in [4.78, 5) is 48.6. The zero-order valence-electron chi connectivity index (χ0n) is 20.6. The van der Waals surface area contributed by atoms with Gasteiger partial charge in [-0.1, -0.05) is 12.1 Å². The van der Waals surface area contributed by atoms with Crippen molar-refractivity contribution in [3.8, 4) is 0 Å². The number of rotatable bonds is 9. The number of urea groups is 1. The Hall–Kier alpha value is -3.72. The normalized spacial score (nSPS) is 15.2. The van der Waals surface area contributed by atoms with Crippen LogP contribution < -0.4 is 10.6 Å². The van der Waals surface area contributed by atoms with Crippen molar-refractivity contribution in [2.24, 2.45) is 0 Å². The fourth-order valence-electron chi connectivity index (χ4n) is 4.27. The molecule has 1 aromatic carbocycles. The highest BCUT2D eigenvalue weighted by molar-refractivity contribution is 6.06. The van der Waals surface area contributed by atoms with E-state index in [1.807, 2.05) is 38.4 Å². The number of likely N-dealkylation sites (N-methyl/N-ethyl adjacent to an activating group) is 1. The topological polar surface area (TPSA) is 110 Å². The summed E-state index contributed by atoms with van der Waals surface area (Å²) < 4.78 is 0. The zero-order chi connectivity index (χ0) is 25.2. The molecule has 1 aliphatic heterocycles. The second-order valence-electron chi connectivity index (χ2n) is 9.72. The number of imide groups is 1. The quantitative estimate of drug-likeness (QED) is 0.411. The number of aromatic nitrogens is 2. The number of pyridine rings is 1. The van der Waals surface area contributed by atoms with E-state index in [9.17, 15) is 14.4 Å². The van der Waals surface area contributed by atoms with Crippen molar-refractivity contribution < 1.29 is 14.4 Å². The van der Waals surface area contributed by atoms with Crippen molar-refractivity contribution in [2.45, 2.75) is 38.8 Å². The van der Waals surface area contributed by atoms with Crippen molar-refractivity contribution in [3.05, 3.63) is 65.1 Å². The minimum absolute atomic E-state index is 0.165. The maximum atomic E-state index is 13.1. The molecule has 2 aromatic heterocycles. The maximum absolute atomic E-state index is 13.1. The van der Waals surface area contributed by atoms with Crippen LogP contribution in [0.5, 0.6) is 0 Å². The highest BCUT2D eigenvalue weighted by atomic mass is 16.2. The van der Waals surface area contributed by atoms with Crippen LogP contribution in [0.25, 0.3) is 10.9 Å². The molecule has 4 amide bonds. The van der Waals surface area contributed by atoms with E-state index in [-0.39, 0.29) is 17.8 Å². The summed E-state index contributed by atoms with van der Waals surface area (Å²) in [6.45, 7) is 4.89. The SMILES string of the molecule is CN(C)CCc1c(C(=O)NCc2cccnc2)[nH]c2ccc(CCN3C(=O)NC(C)(C)C3=O)cc12. The molecule has 0 spiro atoms. The molecule has 3 N–H and O–H groups in total. The van der Waals surface area contributed by atoms with Crippen molar-refractivity contribution in [1.82, 2.24) is 30.4 Å². The van der Waals surface area contributed by atoms with Gasteiger partial charge in [-0.3, -0.25) is 19.5 Å².